The molecule has 0 saturated carbocycles. The van der Waals surface area contributed by atoms with E-state index in [-0.39, 0.29) is 57.9 Å². The number of nitrogens with one attached hydrogen (secondary N) is 1. The number of thioether (sulfide) groups is 1. The second kappa shape index (κ2) is 13.2. The Morgan fingerprint density at radius 3 is 2.30 bits per heavy atom. The minimum atomic E-state index is -4.09. The van der Waals surface area contributed by atoms with Gasteiger partial charge in [-0.1, -0.05) is 57.7 Å². The Bertz CT molecular complexity index is 1720. The molecule has 0 aliphatic carbocycles. The van der Waals surface area contributed by atoms with Gasteiger partial charge >= 0.3 is 6.01 Å². The second-order valence-electron chi connectivity index (χ2n) is 10.2. The summed E-state index contributed by atoms with van der Waals surface area (Å²) in [5, 5.41) is 11.5. The van der Waals surface area contributed by atoms with Crippen LogP contribution in [-0.2, 0) is 20.2 Å². The number of ether oxygens (including phenoxy) is 2. The minimum absolute atomic E-state index is 0.00352. The normalized spacial score (nSPS) is 11.5. The lowest BCUT2D eigenvalue weighted by atomic mass is 9.87. The van der Waals surface area contributed by atoms with E-state index in [0.717, 1.165) is 16.8 Å². The van der Waals surface area contributed by atoms with Crippen LogP contribution in [0.5, 0.6) is 11.9 Å². The van der Waals surface area contributed by atoms with Gasteiger partial charge in [-0.3, -0.25) is 4.72 Å². The van der Waals surface area contributed by atoms with Crippen molar-refractivity contribution in [2.45, 2.75) is 36.0 Å². The van der Waals surface area contributed by atoms with Crippen LogP contribution in [0.2, 0.25) is 0 Å². The molecule has 2 aromatic heterocycles. The van der Waals surface area contributed by atoms with Crippen molar-refractivity contribution in [3.8, 4) is 23.0 Å². The number of hydrogen-bond acceptors (Lipinski definition) is 11. The standard InChI is InChI=1S/C30H31N5O6S2/c1-19(28(36)37)20-7-6-8-21(15-20)25-26(35-43(38,39)24-11-9-22(10-12-24)30(2,3)4)33-18-34-27(25)40-13-14-41-29-31-16-23(42-5)17-32-29/h6-12,15-18H,1,13-14H2,2-5H3,(H,36,37)(H,33,34,35)/p-1. The number of carbonyl (C=O) groups is 1. The molecule has 2 heterocycles. The molecule has 0 fully saturated rings. The van der Waals surface area contributed by atoms with E-state index in [1.807, 2.05) is 27.0 Å². The van der Waals surface area contributed by atoms with Crippen molar-refractivity contribution < 1.29 is 27.8 Å². The van der Waals surface area contributed by atoms with Gasteiger partial charge in [-0.15, -0.1) is 11.8 Å². The lowest BCUT2D eigenvalue weighted by Gasteiger charge is -2.19. The van der Waals surface area contributed by atoms with Gasteiger partial charge in [0.2, 0.25) is 5.88 Å². The van der Waals surface area contributed by atoms with E-state index in [9.17, 15) is 18.3 Å². The summed E-state index contributed by atoms with van der Waals surface area (Å²) < 4.78 is 40.9. The van der Waals surface area contributed by atoms with Crippen molar-refractivity contribution in [3.05, 3.63) is 85.0 Å². The van der Waals surface area contributed by atoms with Gasteiger partial charge in [0.05, 0.1) is 16.4 Å². The molecule has 0 unspecified atom stereocenters. The Labute approximate surface area is 254 Å². The first-order valence-corrected chi connectivity index (χ1v) is 15.7. The van der Waals surface area contributed by atoms with Crippen LogP contribution >= 0.6 is 11.8 Å². The molecule has 0 aliphatic rings. The lowest BCUT2D eigenvalue weighted by molar-refractivity contribution is -0.295. The summed E-state index contributed by atoms with van der Waals surface area (Å²) in [4.78, 5) is 29.1. The summed E-state index contributed by atoms with van der Waals surface area (Å²) in [6.07, 6.45) is 6.35. The monoisotopic (exact) mass is 620 g/mol. The number of carboxylic acids is 1. The van der Waals surface area contributed by atoms with Gasteiger partial charge in [0, 0.05) is 17.3 Å². The van der Waals surface area contributed by atoms with Crippen molar-refractivity contribution in [1.29, 1.82) is 0 Å². The molecule has 0 atom stereocenters. The number of nitrogens with zero attached hydrogens (tertiary/aromatic N) is 4. The van der Waals surface area contributed by atoms with Crippen molar-refractivity contribution in [2.24, 2.45) is 0 Å². The molecule has 0 aliphatic heterocycles. The number of sulfonamides is 1. The van der Waals surface area contributed by atoms with Crippen LogP contribution < -0.4 is 19.3 Å². The maximum Gasteiger partial charge on any atom is 0.316 e. The first-order valence-electron chi connectivity index (χ1n) is 13.0. The fourth-order valence-corrected chi connectivity index (χ4v) is 5.21. The topological polar surface area (TPSA) is 156 Å². The van der Waals surface area contributed by atoms with Crippen LogP contribution in [0.3, 0.4) is 0 Å². The van der Waals surface area contributed by atoms with Crippen molar-refractivity contribution in [3.63, 3.8) is 0 Å². The number of aliphatic carboxylic acids is 1. The molecule has 4 aromatic rings. The van der Waals surface area contributed by atoms with Crippen LogP contribution in [0.1, 0.15) is 31.9 Å². The highest BCUT2D eigenvalue weighted by atomic mass is 32.2. The highest BCUT2D eigenvalue weighted by Gasteiger charge is 2.23. The quantitative estimate of drug-likeness (QED) is 0.139. The van der Waals surface area contributed by atoms with Crippen LogP contribution in [0.15, 0.2) is 83.6 Å². The van der Waals surface area contributed by atoms with Crippen molar-refractivity contribution >= 4 is 39.1 Å². The average molecular weight is 621 g/mol. The van der Waals surface area contributed by atoms with E-state index in [0.29, 0.717) is 5.56 Å². The number of carboxylic acid groups (broad SMARTS) is 1. The molecular weight excluding hydrogens is 590 g/mol. The highest BCUT2D eigenvalue weighted by molar-refractivity contribution is 7.98. The van der Waals surface area contributed by atoms with Gasteiger partial charge in [0.15, 0.2) is 5.82 Å². The minimum Gasteiger partial charge on any atom is -0.545 e. The Balaban J connectivity index is 1.66. The maximum absolute atomic E-state index is 13.4. The summed E-state index contributed by atoms with van der Waals surface area (Å²) in [6.45, 7) is 9.73. The fourth-order valence-electron chi connectivity index (χ4n) is 3.87. The van der Waals surface area contributed by atoms with E-state index in [4.69, 9.17) is 9.47 Å². The first-order chi connectivity index (χ1) is 20.4. The van der Waals surface area contributed by atoms with Gasteiger partial charge < -0.3 is 19.4 Å². The SMILES string of the molecule is C=C(C(=O)[O-])c1cccc(-c2c(NS(=O)(=O)c3ccc(C(C)(C)C)cc3)ncnc2OCCOc2ncc(SC)cn2)c1. The van der Waals surface area contributed by atoms with Gasteiger partial charge in [-0.2, -0.15) is 0 Å². The third-order valence-corrected chi connectivity index (χ3v) is 8.25. The molecular formula is C30H30N5O6S2-. The van der Waals surface area contributed by atoms with Crippen molar-refractivity contribution in [1.82, 2.24) is 19.9 Å². The zero-order valence-corrected chi connectivity index (χ0v) is 25.7. The zero-order chi connectivity index (χ0) is 31.2. The lowest BCUT2D eigenvalue weighted by Crippen LogP contribution is -2.23. The number of hydrogen-bond donors (Lipinski definition) is 1. The van der Waals surface area contributed by atoms with E-state index in [2.05, 4.69) is 31.2 Å². The van der Waals surface area contributed by atoms with E-state index in [1.165, 1.54) is 30.0 Å². The molecule has 1 N–H and O–H groups in total. The van der Waals surface area contributed by atoms with Crippen LogP contribution in [-0.4, -0.2) is 53.8 Å². The van der Waals surface area contributed by atoms with Crippen LogP contribution in [0.4, 0.5) is 5.82 Å². The van der Waals surface area contributed by atoms with Gasteiger partial charge in [0.25, 0.3) is 10.0 Å². The summed E-state index contributed by atoms with van der Waals surface area (Å²) in [5.41, 5.74) is 1.40. The number of anilines is 1. The maximum atomic E-state index is 13.4. The average Bonchev–Trinajstić information content (AvgIpc) is 2.98. The number of rotatable bonds is 12. The highest BCUT2D eigenvalue weighted by Crippen LogP contribution is 2.36. The van der Waals surface area contributed by atoms with Gasteiger partial charge in [0.1, 0.15) is 19.5 Å². The third-order valence-electron chi connectivity index (χ3n) is 6.21. The summed E-state index contributed by atoms with van der Waals surface area (Å²) >= 11 is 1.50. The predicted octanol–water partition coefficient (Wildman–Crippen LogP) is 3.97. The summed E-state index contributed by atoms with van der Waals surface area (Å²) in [7, 11) is -4.09. The summed E-state index contributed by atoms with van der Waals surface area (Å²) in [5.74, 6) is -1.48. The molecule has 0 spiro atoms. The predicted molar refractivity (Wildman–Crippen MR) is 162 cm³/mol. The molecule has 0 radical (unpaired) electrons. The Hall–Kier alpha value is -4.49. The molecule has 224 valence electrons. The molecule has 43 heavy (non-hydrogen) atoms. The molecule has 13 heteroatoms. The van der Waals surface area contributed by atoms with E-state index < -0.39 is 16.0 Å². The van der Waals surface area contributed by atoms with Crippen molar-refractivity contribution in [2.75, 3.05) is 24.2 Å². The smallest absolute Gasteiger partial charge is 0.316 e. The van der Waals surface area contributed by atoms with Gasteiger partial charge in [-0.05, 0) is 52.1 Å². The Kier molecular flexibility index (Phi) is 9.66. The zero-order valence-electron chi connectivity index (χ0n) is 24.0. The number of benzene rings is 2. The molecule has 0 saturated heterocycles. The Morgan fingerprint density at radius 2 is 1.67 bits per heavy atom. The third kappa shape index (κ3) is 7.87. The van der Waals surface area contributed by atoms with Crippen LogP contribution in [0, 0.1) is 0 Å². The number of carbonyl (C=O) groups excluding carboxylic acids is 1. The molecule has 0 amide bonds. The Morgan fingerprint density at radius 1 is 1.00 bits per heavy atom. The second-order valence-corrected chi connectivity index (χ2v) is 12.8. The van der Waals surface area contributed by atoms with Gasteiger partial charge in [-0.25, -0.2) is 28.4 Å². The molecule has 0 bridgehead atoms. The molecule has 2 aromatic carbocycles. The number of aromatic nitrogens is 4. The molecule has 4 rings (SSSR count). The summed E-state index contributed by atoms with van der Waals surface area (Å²) in [6, 6.07) is 13.0. The van der Waals surface area contributed by atoms with Crippen LogP contribution in [0.25, 0.3) is 16.7 Å². The molecule has 11 nitrogen and oxygen atoms in total. The van der Waals surface area contributed by atoms with E-state index in [1.54, 1.807) is 42.7 Å². The fraction of sp³-hybridized carbons (Fsp3) is 0.233. The first kappa shape index (κ1) is 31.4. The van der Waals surface area contributed by atoms with E-state index >= 15 is 0 Å². The largest absolute Gasteiger partial charge is 0.545 e.